The molecule has 3 aromatic rings. The van der Waals surface area contributed by atoms with Crippen LogP contribution in [0.5, 0.6) is 0 Å². The lowest BCUT2D eigenvalue weighted by Gasteiger charge is -2.10. The summed E-state index contributed by atoms with van der Waals surface area (Å²) in [6, 6.07) is 7.20. The third-order valence-electron chi connectivity index (χ3n) is 3.58. The average molecular weight is 377 g/mol. The zero-order chi connectivity index (χ0) is 20.1. The lowest BCUT2D eigenvalue weighted by molar-refractivity contribution is 0.0691. The molecule has 2 aromatic carbocycles. The Morgan fingerprint density at radius 2 is 1.85 bits per heavy atom. The number of fused-ring (bicyclic) bond motifs is 1. The number of H-pyrrole nitrogens is 1. The Hall–Kier alpha value is -3.33. The molecule has 142 valence electrons. The number of carbonyl (C=O) groups is 1. The van der Waals surface area contributed by atoms with E-state index < -0.39 is 34.4 Å². The number of halogens is 2. The van der Waals surface area contributed by atoms with Crippen LogP contribution < -0.4 is 17.0 Å². The number of benzene rings is 2. The number of nitrogens with one attached hydrogen (secondary N) is 1. The van der Waals surface area contributed by atoms with Gasteiger partial charge in [0.1, 0.15) is 11.6 Å². The van der Waals surface area contributed by atoms with Crippen LogP contribution >= 0.6 is 0 Å². The van der Waals surface area contributed by atoms with Gasteiger partial charge in [0.15, 0.2) is 0 Å². The van der Waals surface area contributed by atoms with Gasteiger partial charge in [-0.3, -0.25) is 14.3 Å². The second-order valence-electron chi connectivity index (χ2n) is 5.51. The SMILES string of the molecule is CCN.O=C(O)c1cc(Cn2c(=O)[nH]c(=O)c3c(F)cccc32)ccc1F. The molecule has 9 heteroatoms. The summed E-state index contributed by atoms with van der Waals surface area (Å²) in [6.45, 7) is 2.50. The van der Waals surface area contributed by atoms with Crippen LogP contribution in [-0.4, -0.2) is 27.2 Å². The highest BCUT2D eigenvalue weighted by Gasteiger charge is 2.14. The third-order valence-corrected chi connectivity index (χ3v) is 3.58. The number of hydrogen-bond acceptors (Lipinski definition) is 4. The number of nitrogens with zero attached hydrogens (tertiary/aromatic N) is 1. The first-order valence-electron chi connectivity index (χ1n) is 7.93. The summed E-state index contributed by atoms with van der Waals surface area (Å²) >= 11 is 0. The quantitative estimate of drug-likeness (QED) is 0.642. The molecule has 1 heterocycles. The van der Waals surface area contributed by atoms with Crippen LogP contribution in [0.25, 0.3) is 10.9 Å². The van der Waals surface area contributed by atoms with Crippen LogP contribution in [-0.2, 0) is 6.54 Å². The van der Waals surface area contributed by atoms with Gasteiger partial charge < -0.3 is 10.8 Å². The van der Waals surface area contributed by atoms with Gasteiger partial charge in [0.25, 0.3) is 5.56 Å². The van der Waals surface area contributed by atoms with Crippen LogP contribution in [0.2, 0.25) is 0 Å². The molecular weight excluding hydrogens is 360 g/mol. The van der Waals surface area contributed by atoms with E-state index in [0.717, 1.165) is 29.3 Å². The molecule has 1 aromatic heterocycles. The molecule has 0 aliphatic rings. The van der Waals surface area contributed by atoms with E-state index in [1.54, 1.807) is 0 Å². The number of aromatic nitrogens is 2. The smallest absolute Gasteiger partial charge is 0.338 e. The van der Waals surface area contributed by atoms with E-state index in [1.807, 2.05) is 11.9 Å². The highest BCUT2D eigenvalue weighted by molar-refractivity contribution is 5.88. The molecule has 0 saturated carbocycles. The number of rotatable bonds is 3. The Labute approximate surface area is 151 Å². The van der Waals surface area contributed by atoms with Gasteiger partial charge in [-0.15, -0.1) is 0 Å². The molecule has 0 amide bonds. The van der Waals surface area contributed by atoms with Crippen molar-refractivity contribution in [1.82, 2.24) is 9.55 Å². The number of carboxylic acids is 1. The molecule has 7 nitrogen and oxygen atoms in total. The summed E-state index contributed by atoms with van der Waals surface area (Å²) in [5, 5.41) is 8.67. The predicted molar refractivity (Wildman–Crippen MR) is 96.0 cm³/mol. The number of aromatic carboxylic acids is 1. The average Bonchev–Trinajstić information content (AvgIpc) is 2.60. The second kappa shape index (κ2) is 8.37. The van der Waals surface area contributed by atoms with Crippen molar-refractivity contribution in [3.05, 3.63) is 80.0 Å². The molecule has 3 rings (SSSR count). The summed E-state index contributed by atoms with van der Waals surface area (Å²) in [7, 11) is 0. The molecule has 0 saturated heterocycles. The summed E-state index contributed by atoms with van der Waals surface area (Å²) in [4.78, 5) is 36.8. The zero-order valence-corrected chi connectivity index (χ0v) is 14.3. The Balaban J connectivity index is 0.000000817. The van der Waals surface area contributed by atoms with Gasteiger partial charge in [0.05, 0.1) is 23.0 Å². The van der Waals surface area contributed by atoms with E-state index in [9.17, 15) is 23.2 Å². The minimum Gasteiger partial charge on any atom is -0.478 e. The van der Waals surface area contributed by atoms with Crippen LogP contribution in [0.4, 0.5) is 8.78 Å². The fourth-order valence-electron chi connectivity index (χ4n) is 2.47. The van der Waals surface area contributed by atoms with Crippen molar-refractivity contribution in [2.24, 2.45) is 5.73 Å². The molecule has 0 spiro atoms. The number of aromatic amines is 1. The van der Waals surface area contributed by atoms with Crippen molar-refractivity contribution in [2.45, 2.75) is 13.5 Å². The number of hydrogen-bond donors (Lipinski definition) is 3. The molecule has 0 unspecified atom stereocenters. The molecule has 0 radical (unpaired) electrons. The Morgan fingerprint density at radius 1 is 1.19 bits per heavy atom. The number of nitrogens with two attached hydrogens (primary N) is 1. The molecule has 0 bridgehead atoms. The zero-order valence-electron chi connectivity index (χ0n) is 14.3. The van der Waals surface area contributed by atoms with Gasteiger partial charge in [-0.2, -0.15) is 0 Å². The van der Waals surface area contributed by atoms with Crippen molar-refractivity contribution in [3.63, 3.8) is 0 Å². The fourth-order valence-corrected chi connectivity index (χ4v) is 2.47. The topological polar surface area (TPSA) is 118 Å². The third kappa shape index (κ3) is 4.26. The lowest BCUT2D eigenvalue weighted by Crippen LogP contribution is -2.31. The maximum absolute atomic E-state index is 13.9. The summed E-state index contributed by atoms with van der Waals surface area (Å²) in [6.07, 6.45) is 0. The standard InChI is InChI=1S/C16H10F2N2O4.C2H7N/c17-10-5-4-8(6-9(10)15(22)23)7-20-12-3-1-2-11(18)13(12)14(21)19-16(20)24;1-2-3/h1-6H,7H2,(H,22,23)(H,19,21,24);2-3H2,1H3. The van der Waals surface area contributed by atoms with Crippen LogP contribution in [0.3, 0.4) is 0 Å². The van der Waals surface area contributed by atoms with Crippen LogP contribution in [0.1, 0.15) is 22.8 Å². The first-order chi connectivity index (χ1) is 12.8. The summed E-state index contributed by atoms with van der Waals surface area (Å²) < 4.78 is 28.4. The Bertz CT molecular complexity index is 1110. The summed E-state index contributed by atoms with van der Waals surface area (Å²) in [5.74, 6) is -3.14. The Morgan fingerprint density at radius 3 is 2.48 bits per heavy atom. The van der Waals surface area contributed by atoms with Crippen LogP contribution in [0, 0.1) is 11.6 Å². The van der Waals surface area contributed by atoms with E-state index in [2.05, 4.69) is 0 Å². The fraction of sp³-hybridized carbons (Fsp3) is 0.167. The highest BCUT2D eigenvalue weighted by Crippen LogP contribution is 2.15. The molecule has 0 fully saturated rings. The lowest BCUT2D eigenvalue weighted by atomic mass is 10.1. The van der Waals surface area contributed by atoms with Crippen molar-refractivity contribution in [3.8, 4) is 0 Å². The van der Waals surface area contributed by atoms with E-state index in [-0.39, 0.29) is 17.4 Å². The Kier molecular flexibility index (Phi) is 6.19. The molecular formula is C18H17F2N3O4. The van der Waals surface area contributed by atoms with E-state index in [1.165, 1.54) is 18.2 Å². The van der Waals surface area contributed by atoms with Crippen molar-refractivity contribution >= 4 is 16.9 Å². The second-order valence-corrected chi connectivity index (χ2v) is 5.51. The predicted octanol–water partition coefficient (Wildman–Crippen LogP) is 1.68. The minimum atomic E-state index is -1.45. The minimum absolute atomic E-state index is 0.0601. The van der Waals surface area contributed by atoms with Crippen molar-refractivity contribution < 1.29 is 18.7 Å². The van der Waals surface area contributed by atoms with Gasteiger partial charge in [0, 0.05) is 0 Å². The van der Waals surface area contributed by atoms with Gasteiger partial charge in [0.2, 0.25) is 0 Å². The first kappa shape index (κ1) is 20.0. The van der Waals surface area contributed by atoms with Crippen molar-refractivity contribution in [2.75, 3.05) is 6.54 Å². The molecule has 27 heavy (non-hydrogen) atoms. The van der Waals surface area contributed by atoms with E-state index >= 15 is 0 Å². The monoisotopic (exact) mass is 377 g/mol. The normalized spacial score (nSPS) is 10.4. The van der Waals surface area contributed by atoms with Gasteiger partial charge in [-0.25, -0.2) is 18.4 Å². The molecule has 0 aliphatic carbocycles. The van der Waals surface area contributed by atoms with E-state index in [4.69, 9.17) is 10.8 Å². The number of carboxylic acid groups (broad SMARTS) is 1. The van der Waals surface area contributed by atoms with E-state index in [0.29, 0.717) is 5.56 Å². The van der Waals surface area contributed by atoms with Gasteiger partial charge in [-0.05, 0) is 36.4 Å². The highest BCUT2D eigenvalue weighted by atomic mass is 19.1. The van der Waals surface area contributed by atoms with Crippen molar-refractivity contribution in [1.29, 1.82) is 0 Å². The molecule has 0 atom stereocenters. The molecule has 4 N–H and O–H groups in total. The van der Waals surface area contributed by atoms with Gasteiger partial charge >= 0.3 is 11.7 Å². The first-order valence-corrected chi connectivity index (χ1v) is 7.93. The largest absolute Gasteiger partial charge is 0.478 e. The maximum atomic E-state index is 13.9. The molecule has 0 aliphatic heterocycles. The summed E-state index contributed by atoms with van der Waals surface area (Å²) in [5.41, 5.74) is 3.05. The van der Waals surface area contributed by atoms with Gasteiger partial charge in [-0.1, -0.05) is 19.1 Å². The van der Waals surface area contributed by atoms with Crippen LogP contribution in [0.15, 0.2) is 46.0 Å². The maximum Gasteiger partial charge on any atom is 0.338 e.